The number of phenolic OH excluding ortho intramolecular Hbond substituents is 1. The normalized spacial score (nSPS) is 14.7. The van der Waals surface area contributed by atoms with Gasteiger partial charge in [0, 0.05) is 18.0 Å². The molecule has 1 heterocycles. The molecule has 1 amide bonds. The molecule has 0 saturated heterocycles. The minimum atomic E-state index is -0.0834. The van der Waals surface area contributed by atoms with Crippen molar-refractivity contribution in [2.45, 2.75) is 6.92 Å². The Morgan fingerprint density at radius 3 is 2.61 bits per heavy atom. The zero-order valence-corrected chi connectivity index (χ0v) is 10.1. The fraction of sp³-hybridized carbons (Fsp3) is 0.133. The van der Waals surface area contributed by atoms with Crippen LogP contribution in [0.25, 0.3) is 10.8 Å². The summed E-state index contributed by atoms with van der Waals surface area (Å²) in [5.74, 6) is 0.0910. The number of carbonyl (C=O) groups is 1. The maximum Gasteiger partial charge on any atom is 0.251 e. The third-order valence-electron chi connectivity index (χ3n) is 3.31. The van der Waals surface area contributed by atoms with E-state index in [0.717, 1.165) is 16.3 Å². The van der Waals surface area contributed by atoms with Crippen molar-refractivity contribution >= 4 is 22.4 Å². The number of hydrogen-bond acceptors (Lipinski definition) is 2. The van der Waals surface area contributed by atoms with Crippen LogP contribution >= 0.6 is 0 Å². The third-order valence-corrected chi connectivity index (χ3v) is 3.31. The summed E-state index contributed by atoms with van der Waals surface area (Å²) < 4.78 is 0. The Bertz CT molecular complexity index is 673. The van der Waals surface area contributed by atoms with Crippen molar-refractivity contribution in [2.75, 3.05) is 11.4 Å². The number of rotatable bonds is 1. The van der Waals surface area contributed by atoms with E-state index in [2.05, 4.69) is 0 Å². The predicted octanol–water partition coefficient (Wildman–Crippen LogP) is 2.76. The fourth-order valence-corrected chi connectivity index (χ4v) is 2.38. The predicted molar refractivity (Wildman–Crippen MR) is 71.8 cm³/mol. The summed E-state index contributed by atoms with van der Waals surface area (Å²) in [5.41, 5.74) is 1.64. The van der Waals surface area contributed by atoms with E-state index in [1.54, 1.807) is 11.0 Å². The van der Waals surface area contributed by atoms with Crippen molar-refractivity contribution in [1.29, 1.82) is 0 Å². The lowest BCUT2D eigenvalue weighted by Gasteiger charge is -2.19. The number of benzene rings is 2. The number of hydrogen-bond donors (Lipinski definition) is 1. The van der Waals surface area contributed by atoms with Gasteiger partial charge in [0.1, 0.15) is 5.75 Å². The fourth-order valence-electron chi connectivity index (χ4n) is 2.38. The van der Waals surface area contributed by atoms with Gasteiger partial charge in [0.15, 0.2) is 0 Å². The first-order valence-corrected chi connectivity index (χ1v) is 5.88. The second kappa shape index (κ2) is 3.88. The van der Waals surface area contributed by atoms with Crippen LogP contribution in [0.2, 0.25) is 0 Å². The minimum absolute atomic E-state index is 0.0834. The number of aryl methyl sites for hydroxylation is 1. The average Bonchev–Trinajstić information content (AvgIpc) is 2.80. The van der Waals surface area contributed by atoms with Gasteiger partial charge in [0.25, 0.3) is 5.91 Å². The molecule has 0 radical (unpaired) electrons. The van der Waals surface area contributed by atoms with Gasteiger partial charge in [-0.05, 0) is 23.9 Å². The molecule has 3 rings (SSSR count). The van der Waals surface area contributed by atoms with Crippen LogP contribution in [0.3, 0.4) is 0 Å². The summed E-state index contributed by atoms with van der Waals surface area (Å²) in [7, 11) is 0. The zero-order chi connectivity index (χ0) is 12.7. The minimum Gasteiger partial charge on any atom is -0.505 e. The summed E-state index contributed by atoms with van der Waals surface area (Å²) in [4.78, 5) is 13.3. The molecule has 1 aliphatic heterocycles. The topological polar surface area (TPSA) is 40.5 Å². The van der Waals surface area contributed by atoms with E-state index in [1.165, 1.54) is 6.08 Å². The second-order valence-electron chi connectivity index (χ2n) is 4.46. The lowest BCUT2D eigenvalue weighted by atomic mass is 10.0. The Hall–Kier alpha value is -2.29. The first kappa shape index (κ1) is 10.8. The molecule has 0 saturated carbocycles. The highest BCUT2D eigenvalue weighted by atomic mass is 16.3. The Morgan fingerprint density at radius 1 is 1.22 bits per heavy atom. The maximum atomic E-state index is 11.7. The lowest BCUT2D eigenvalue weighted by molar-refractivity contribution is -0.113. The van der Waals surface area contributed by atoms with Crippen LogP contribution in [0.1, 0.15) is 5.56 Å². The van der Waals surface area contributed by atoms with Gasteiger partial charge < -0.3 is 10.0 Å². The van der Waals surface area contributed by atoms with Crippen LogP contribution in [0.4, 0.5) is 5.69 Å². The van der Waals surface area contributed by atoms with Crippen molar-refractivity contribution in [3.8, 4) is 5.75 Å². The molecule has 0 aromatic heterocycles. The van der Waals surface area contributed by atoms with Gasteiger partial charge >= 0.3 is 0 Å². The summed E-state index contributed by atoms with van der Waals surface area (Å²) >= 11 is 0. The van der Waals surface area contributed by atoms with Crippen molar-refractivity contribution < 1.29 is 9.90 Å². The zero-order valence-electron chi connectivity index (χ0n) is 10.1. The molecule has 3 nitrogen and oxygen atoms in total. The van der Waals surface area contributed by atoms with Crippen LogP contribution < -0.4 is 4.90 Å². The Balaban J connectivity index is 2.25. The van der Waals surface area contributed by atoms with E-state index in [-0.39, 0.29) is 11.7 Å². The van der Waals surface area contributed by atoms with Crippen LogP contribution in [0.15, 0.2) is 42.5 Å². The SMILES string of the molecule is Cc1cc(N2CC=CC2=O)c(O)c2ccccc12. The van der Waals surface area contributed by atoms with Gasteiger partial charge in [-0.25, -0.2) is 0 Å². The quantitative estimate of drug-likeness (QED) is 0.831. The summed E-state index contributed by atoms with van der Waals surface area (Å²) in [5, 5.41) is 12.1. The van der Waals surface area contributed by atoms with Crippen molar-refractivity contribution in [3.63, 3.8) is 0 Å². The smallest absolute Gasteiger partial charge is 0.251 e. The van der Waals surface area contributed by atoms with E-state index in [4.69, 9.17) is 0 Å². The highest BCUT2D eigenvalue weighted by Gasteiger charge is 2.21. The Morgan fingerprint density at radius 2 is 1.94 bits per heavy atom. The van der Waals surface area contributed by atoms with Crippen molar-refractivity contribution in [1.82, 2.24) is 0 Å². The van der Waals surface area contributed by atoms with Crippen LogP contribution in [-0.4, -0.2) is 17.6 Å². The summed E-state index contributed by atoms with van der Waals surface area (Å²) in [6.45, 7) is 2.50. The summed E-state index contributed by atoms with van der Waals surface area (Å²) in [6, 6.07) is 9.53. The van der Waals surface area contributed by atoms with Gasteiger partial charge in [0.05, 0.1) is 5.69 Å². The van der Waals surface area contributed by atoms with Crippen LogP contribution in [0.5, 0.6) is 5.75 Å². The molecular weight excluding hydrogens is 226 g/mol. The van der Waals surface area contributed by atoms with Gasteiger partial charge in [-0.3, -0.25) is 4.79 Å². The van der Waals surface area contributed by atoms with Gasteiger partial charge in [-0.1, -0.05) is 30.3 Å². The molecule has 18 heavy (non-hydrogen) atoms. The third kappa shape index (κ3) is 1.48. The number of anilines is 1. The molecule has 2 aromatic rings. The molecule has 1 N–H and O–H groups in total. The second-order valence-corrected chi connectivity index (χ2v) is 4.46. The molecule has 2 aromatic carbocycles. The monoisotopic (exact) mass is 239 g/mol. The number of fused-ring (bicyclic) bond motifs is 1. The Labute approximate surface area is 105 Å². The van der Waals surface area contributed by atoms with E-state index in [1.807, 2.05) is 37.3 Å². The molecule has 0 atom stereocenters. The van der Waals surface area contributed by atoms with E-state index < -0.39 is 0 Å². The molecule has 3 heteroatoms. The number of phenols is 1. The number of carbonyl (C=O) groups excluding carboxylic acids is 1. The Kier molecular flexibility index (Phi) is 2.33. The first-order valence-electron chi connectivity index (χ1n) is 5.88. The summed E-state index contributed by atoms with van der Waals surface area (Å²) in [6.07, 6.45) is 3.33. The molecule has 0 fully saturated rings. The van der Waals surface area contributed by atoms with Gasteiger partial charge in [-0.2, -0.15) is 0 Å². The number of nitrogens with zero attached hydrogens (tertiary/aromatic N) is 1. The van der Waals surface area contributed by atoms with Crippen molar-refractivity contribution in [3.05, 3.63) is 48.0 Å². The van der Waals surface area contributed by atoms with Crippen LogP contribution in [-0.2, 0) is 4.79 Å². The molecule has 0 spiro atoms. The number of amides is 1. The lowest BCUT2D eigenvalue weighted by Crippen LogP contribution is -2.24. The molecule has 0 aliphatic carbocycles. The molecule has 0 unspecified atom stereocenters. The molecule has 90 valence electrons. The van der Waals surface area contributed by atoms with Gasteiger partial charge in [0.2, 0.25) is 0 Å². The molecular formula is C15H13NO2. The average molecular weight is 239 g/mol. The maximum absolute atomic E-state index is 11.7. The number of aromatic hydroxyl groups is 1. The largest absolute Gasteiger partial charge is 0.505 e. The van der Waals surface area contributed by atoms with E-state index >= 15 is 0 Å². The molecule has 0 bridgehead atoms. The van der Waals surface area contributed by atoms with E-state index in [0.29, 0.717) is 12.2 Å². The van der Waals surface area contributed by atoms with Crippen molar-refractivity contribution in [2.24, 2.45) is 0 Å². The van der Waals surface area contributed by atoms with Crippen LogP contribution in [0, 0.1) is 6.92 Å². The van der Waals surface area contributed by atoms with Gasteiger partial charge in [-0.15, -0.1) is 0 Å². The highest BCUT2D eigenvalue weighted by Crippen LogP contribution is 2.38. The van der Waals surface area contributed by atoms with E-state index in [9.17, 15) is 9.90 Å². The highest BCUT2D eigenvalue weighted by molar-refractivity contribution is 6.08. The first-order chi connectivity index (χ1) is 8.68. The molecule has 1 aliphatic rings. The standard InChI is InChI=1S/C15H13NO2/c1-10-9-13(16-8-4-7-14(16)17)15(18)12-6-3-2-5-11(10)12/h2-7,9,18H,8H2,1H3.